The van der Waals surface area contributed by atoms with E-state index in [1.165, 1.54) is 10.5 Å². The lowest BCUT2D eigenvalue weighted by atomic mass is 10.0. The molecular formula is C35H39N5O4. The minimum atomic E-state index is -0.659. The van der Waals surface area contributed by atoms with Crippen LogP contribution in [0.25, 0.3) is 11.0 Å². The second-order valence-electron chi connectivity index (χ2n) is 12.6. The summed E-state index contributed by atoms with van der Waals surface area (Å²) < 4.78 is 7.42. The summed E-state index contributed by atoms with van der Waals surface area (Å²) in [6.07, 6.45) is 6.90. The number of fused-ring (bicyclic) bond motifs is 3. The zero-order chi connectivity index (χ0) is 30.8. The van der Waals surface area contributed by atoms with Gasteiger partial charge in [0, 0.05) is 12.7 Å². The maximum absolute atomic E-state index is 13.5. The molecule has 9 heteroatoms. The third-order valence-electron chi connectivity index (χ3n) is 8.36. The lowest BCUT2D eigenvalue weighted by Gasteiger charge is -2.32. The number of aromatic nitrogens is 3. The molecule has 0 fully saturated rings. The molecule has 0 saturated carbocycles. The van der Waals surface area contributed by atoms with Crippen molar-refractivity contribution in [2.75, 3.05) is 13.1 Å². The Balaban J connectivity index is 1.27. The number of ether oxygens (including phenoxy) is 1. The highest BCUT2D eigenvalue weighted by atomic mass is 16.6. The van der Waals surface area contributed by atoms with Gasteiger partial charge < -0.3 is 4.74 Å². The number of benzene rings is 2. The number of imidazole rings is 1. The van der Waals surface area contributed by atoms with E-state index in [9.17, 15) is 14.4 Å². The number of carbonyl (C=O) groups excluding carboxylic acids is 3. The van der Waals surface area contributed by atoms with Crippen molar-refractivity contribution in [3.05, 3.63) is 95.1 Å². The molecule has 1 atom stereocenters. The average molecular weight is 594 g/mol. The summed E-state index contributed by atoms with van der Waals surface area (Å²) in [5.74, 6) is 0.161. The van der Waals surface area contributed by atoms with Crippen LogP contribution in [0.4, 0.5) is 4.79 Å². The van der Waals surface area contributed by atoms with Crippen LogP contribution in [0.2, 0.25) is 0 Å². The Morgan fingerprint density at radius 3 is 2.43 bits per heavy atom. The van der Waals surface area contributed by atoms with E-state index in [4.69, 9.17) is 14.7 Å². The van der Waals surface area contributed by atoms with Gasteiger partial charge in [-0.1, -0.05) is 36.8 Å². The molecule has 0 radical (unpaired) electrons. The number of imide groups is 1. The molecule has 4 aromatic rings. The third kappa shape index (κ3) is 6.01. The zero-order valence-corrected chi connectivity index (χ0v) is 25.7. The number of hydrogen-bond donors (Lipinski definition) is 0. The molecule has 228 valence electrons. The van der Waals surface area contributed by atoms with Crippen LogP contribution in [0.1, 0.15) is 96.7 Å². The minimum Gasteiger partial charge on any atom is -0.443 e. The van der Waals surface area contributed by atoms with Gasteiger partial charge in [0.05, 0.1) is 40.4 Å². The number of rotatable bonds is 8. The first-order valence-corrected chi connectivity index (χ1v) is 15.5. The summed E-state index contributed by atoms with van der Waals surface area (Å²) in [5.41, 5.74) is 4.06. The fourth-order valence-electron chi connectivity index (χ4n) is 6.35. The van der Waals surface area contributed by atoms with E-state index in [0.717, 1.165) is 43.3 Å². The van der Waals surface area contributed by atoms with Gasteiger partial charge in [0.25, 0.3) is 11.8 Å². The first-order valence-electron chi connectivity index (χ1n) is 15.5. The SMILES string of the molecule is CC(C)(C)OC(=O)n1c(CN(CCCCN2C(=O)c3ccccc3C2=O)C2CCCCc3cccnc32)nc2ccccc21. The van der Waals surface area contributed by atoms with E-state index >= 15 is 0 Å². The second kappa shape index (κ2) is 12.3. The monoisotopic (exact) mass is 593 g/mol. The second-order valence-corrected chi connectivity index (χ2v) is 12.6. The highest BCUT2D eigenvalue weighted by Crippen LogP contribution is 2.34. The van der Waals surface area contributed by atoms with Crippen molar-refractivity contribution < 1.29 is 19.1 Å². The van der Waals surface area contributed by atoms with Crippen molar-refractivity contribution >= 4 is 28.9 Å². The highest BCUT2D eigenvalue weighted by molar-refractivity contribution is 6.21. The van der Waals surface area contributed by atoms with Gasteiger partial charge in [0.2, 0.25) is 0 Å². The van der Waals surface area contributed by atoms with Crippen molar-refractivity contribution in [1.29, 1.82) is 0 Å². The summed E-state index contributed by atoms with van der Waals surface area (Å²) in [5, 5.41) is 0. The molecule has 3 heterocycles. The van der Waals surface area contributed by atoms with Crippen LogP contribution in [-0.4, -0.2) is 60.9 Å². The van der Waals surface area contributed by atoms with Crippen molar-refractivity contribution in [3.63, 3.8) is 0 Å². The van der Waals surface area contributed by atoms with Crippen LogP contribution in [0.3, 0.4) is 0 Å². The van der Waals surface area contributed by atoms with Gasteiger partial charge in [-0.3, -0.25) is 24.4 Å². The summed E-state index contributed by atoms with van der Waals surface area (Å²) in [4.78, 5) is 52.8. The third-order valence-corrected chi connectivity index (χ3v) is 8.36. The molecule has 2 amide bonds. The molecule has 2 aliphatic rings. The van der Waals surface area contributed by atoms with Gasteiger partial charge in [-0.05, 0) is 95.3 Å². The summed E-state index contributed by atoms with van der Waals surface area (Å²) in [7, 11) is 0. The molecule has 1 aliphatic carbocycles. The molecule has 0 bridgehead atoms. The molecule has 44 heavy (non-hydrogen) atoms. The highest BCUT2D eigenvalue weighted by Gasteiger charge is 2.35. The topological polar surface area (TPSA) is 97.6 Å². The first kappa shape index (κ1) is 29.7. The van der Waals surface area contributed by atoms with Crippen LogP contribution < -0.4 is 0 Å². The normalized spacial score (nSPS) is 16.7. The lowest BCUT2D eigenvalue weighted by Crippen LogP contribution is -2.34. The van der Waals surface area contributed by atoms with Crippen molar-refractivity contribution in [1.82, 2.24) is 24.3 Å². The summed E-state index contributed by atoms with van der Waals surface area (Å²) >= 11 is 0. The Morgan fingerprint density at radius 2 is 1.68 bits per heavy atom. The van der Waals surface area contributed by atoms with E-state index in [0.29, 0.717) is 48.5 Å². The molecule has 1 aliphatic heterocycles. The number of pyridine rings is 1. The van der Waals surface area contributed by atoms with Crippen molar-refractivity contribution in [3.8, 4) is 0 Å². The smallest absolute Gasteiger partial charge is 0.420 e. The summed E-state index contributed by atoms with van der Waals surface area (Å²) in [6.45, 7) is 7.04. The number of para-hydroxylation sites is 2. The van der Waals surface area contributed by atoms with Crippen molar-refractivity contribution in [2.45, 2.75) is 77.5 Å². The molecule has 0 saturated heterocycles. The summed E-state index contributed by atoms with van der Waals surface area (Å²) in [6, 6.07) is 18.8. The molecule has 2 aromatic carbocycles. The molecule has 0 N–H and O–H groups in total. The largest absolute Gasteiger partial charge is 0.443 e. The maximum atomic E-state index is 13.5. The fraction of sp³-hybridized carbons (Fsp3) is 0.400. The van der Waals surface area contributed by atoms with Crippen LogP contribution in [-0.2, 0) is 17.7 Å². The Bertz CT molecular complexity index is 1670. The van der Waals surface area contributed by atoms with E-state index < -0.39 is 11.7 Å². The number of amides is 2. The van der Waals surface area contributed by atoms with Crippen LogP contribution >= 0.6 is 0 Å². The van der Waals surface area contributed by atoms with Crippen LogP contribution in [0.15, 0.2) is 66.9 Å². The Kier molecular flexibility index (Phi) is 8.31. The Labute approximate surface area is 257 Å². The van der Waals surface area contributed by atoms with E-state index in [1.54, 1.807) is 28.8 Å². The first-order chi connectivity index (χ1) is 21.2. The van der Waals surface area contributed by atoms with Gasteiger partial charge in [-0.25, -0.2) is 14.3 Å². The standard InChI is InChI=1S/C35H39N5O4/c1-35(2,3)44-34(43)40-28-18-9-7-17-27(28)37-30(40)23-38(29-19-8-4-13-24-14-12-20-36-31(24)29)21-10-11-22-39-32(41)25-15-5-6-16-26(25)33(39)42/h5-7,9,12,14-18,20,29H,4,8,10-11,13,19,21-23H2,1-3H3. The number of aryl methyl sites for hydroxylation is 1. The zero-order valence-electron chi connectivity index (χ0n) is 25.7. The molecule has 0 spiro atoms. The molecule has 2 aromatic heterocycles. The fourth-order valence-corrected chi connectivity index (χ4v) is 6.35. The molecule has 1 unspecified atom stereocenters. The van der Waals surface area contributed by atoms with Crippen LogP contribution in [0, 0.1) is 0 Å². The number of unbranched alkanes of at least 4 members (excludes halogenated alkanes) is 1. The van der Waals surface area contributed by atoms with E-state index in [1.807, 2.05) is 57.3 Å². The average Bonchev–Trinajstić information content (AvgIpc) is 3.38. The van der Waals surface area contributed by atoms with Gasteiger partial charge >= 0.3 is 6.09 Å². The quantitative estimate of drug-likeness (QED) is 0.130. The van der Waals surface area contributed by atoms with Crippen LogP contribution in [0.5, 0.6) is 0 Å². The van der Waals surface area contributed by atoms with Gasteiger partial charge in [-0.2, -0.15) is 0 Å². The predicted molar refractivity (Wildman–Crippen MR) is 167 cm³/mol. The van der Waals surface area contributed by atoms with E-state index in [-0.39, 0.29) is 17.9 Å². The minimum absolute atomic E-state index is 0.0416. The molecule has 9 nitrogen and oxygen atoms in total. The van der Waals surface area contributed by atoms with Gasteiger partial charge in [0.1, 0.15) is 11.4 Å². The van der Waals surface area contributed by atoms with Gasteiger partial charge in [0.15, 0.2) is 0 Å². The molecule has 6 rings (SSSR count). The lowest BCUT2D eigenvalue weighted by molar-refractivity contribution is 0.0530. The Hall–Kier alpha value is -4.37. The number of carbonyl (C=O) groups is 3. The number of nitrogens with zero attached hydrogens (tertiary/aromatic N) is 5. The number of hydrogen-bond acceptors (Lipinski definition) is 7. The molecular weight excluding hydrogens is 554 g/mol. The Morgan fingerprint density at radius 1 is 0.955 bits per heavy atom. The van der Waals surface area contributed by atoms with Gasteiger partial charge in [-0.15, -0.1) is 0 Å². The van der Waals surface area contributed by atoms with E-state index in [2.05, 4.69) is 11.0 Å². The maximum Gasteiger partial charge on any atom is 0.420 e. The van der Waals surface area contributed by atoms with Crippen molar-refractivity contribution in [2.24, 2.45) is 0 Å². The predicted octanol–water partition coefficient (Wildman–Crippen LogP) is 6.56.